The smallest absolute Gasteiger partial charge is 0.120 e. The summed E-state index contributed by atoms with van der Waals surface area (Å²) in [5.41, 5.74) is 0. The molecule has 1 aliphatic rings. The van der Waals surface area contributed by atoms with E-state index in [1.807, 2.05) is 24.3 Å². The van der Waals surface area contributed by atoms with Crippen LogP contribution in [0.5, 0.6) is 5.75 Å². The first kappa shape index (κ1) is 13.8. The fourth-order valence-electron chi connectivity index (χ4n) is 2.13. The Morgan fingerprint density at radius 1 is 1.22 bits per heavy atom. The van der Waals surface area contributed by atoms with Crippen molar-refractivity contribution in [1.29, 1.82) is 0 Å². The van der Waals surface area contributed by atoms with Crippen LogP contribution in [0, 0.1) is 0 Å². The van der Waals surface area contributed by atoms with E-state index in [0.29, 0.717) is 0 Å². The molecule has 0 aliphatic carbocycles. The lowest BCUT2D eigenvalue weighted by molar-refractivity contribution is -0.908. The first-order valence-electron chi connectivity index (χ1n) is 6.64. The molecule has 1 aliphatic heterocycles. The van der Waals surface area contributed by atoms with Gasteiger partial charge in [0.25, 0.3) is 0 Å². The Labute approximate surface area is 117 Å². The van der Waals surface area contributed by atoms with Crippen LogP contribution in [0.2, 0.25) is 0 Å². The molecule has 0 spiro atoms. The van der Waals surface area contributed by atoms with Crippen molar-refractivity contribution in [2.45, 2.75) is 12.8 Å². The molecule has 0 radical (unpaired) electrons. The van der Waals surface area contributed by atoms with E-state index in [0.717, 1.165) is 49.6 Å². The summed E-state index contributed by atoms with van der Waals surface area (Å²) in [5, 5.41) is 0. The highest BCUT2D eigenvalue weighted by molar-refractivity contribution is 9.10. The van der Waals surface area contributed by atoms with Crippen LogP contribution in [0.4, 0.5) is 0 Å². The van der Waals surface area contributed by atoms with Gasteiger partial charge < -0.3 is 14.4 Å². The Bertz CT molecular complexity index is 353. The van der Waals surface area contributed by atoms with E-state index >= 15 is 0 Å². The molecule has 0 amide bonds. The second-order valence-corrected chi connectivity index (χ2v) is 5.54. The van der Waals surface area contributed by atoms with E-state index in [1.54, 1.807) is 4.90 Å². The zero-order valence-corrected chi connectivity index (χ0v) is 12.2. The number of nitrogens with one attached hydrogen (secondary N) is 1. The third kappa shape index (κ3) is 4.96. The van der Waals surface area contributed by atoms with Crippen LogP contribution in [0.25, 0.3) is 0 Å². The van der Waals surface area contributed by atoms with E-state index < -0.39 is 0 Å². The maximum Gasteiger partial charge on any atom is 0.120 e. The quantitative estimate of drug-likeness (QED) is 0.805. The standard InChI is InChI=1S/C14H20BrNO2/c15-13-4-3-5-14(12-13)18-9-2-1-6-16-7-10-17-11-8-16/h3-5,12H,1-2,6-11H2/p+1. The fraction of sp³-hybridized carbons (Fsp3) is 0.571. The summed E-state index contributed by atoms with van der Waals surface area (Å²) in [6.07, 6.45) is 2.35. The summed E-state index contributed by atoms with van der Waals surface area (Å²) in [7, 11) is 0. The number of benzene rings is 1. The Morgan fingerprint density at radius 2 is 2.06 bits per heavy atom. The van der Waals surface area contributed by atoms with Gasteiger partial charge in [-0.2, -0.15) is 0 Å². The highest BCUT2D eigenvalue weighted by Crippen LogP contribution is 2.17. The average Bonchev–Trinajstić information content (AvgIpc) is 2.40. The molecule has 1 aromatic carbocycles. The number of unbranched alkanes of at least 4 members (excludes halogenated alkanes) is 1. The first-order chi connectivity index (χ1) is 8.84. The maximum absolute atomic E-state index is 5.71. The first-order valence-corrected chi connectivity index (χ1v) is 7.43. The van der Waals surface area contributed by atoms with Gasteiger partial charge in [0.2, 0.25) is 0 Å². The van der Waals surface area contributed by atoms with Gasteiger partial charge in [-0.05, 0) is 31.0 Å². The number of halogens is 1. The zero-order chi connectivity index (χ0) is 12.6. The number of hydrogen-bond acceptors (Lipinski definition) is 2. The summed E-state index contributed by atoms with van der Waals surface area (Å²) in [5.74, 6) is 0.947. The largest absolute Gasteiger partial charge is 0.494 e. The molecule has 1 heterocycles. The van der Waals surface area contributed by atoms with Crippen LogP contribution in [-0.4, -0.2) is 39.5 Å². The van der Waals surface area contributed by atoms with Crippen molar-refractivity contribution in [2.75, 3.05) is 39.5 Å². The molecule has 0 aromatic heterocycles. The number of rotatable bonds is 6. The number of quaternary nitrogens is 1. The molecule has 0 atom stereocenters. The molecular formula is C14H21BrNO2+. The van der Waals surface area contributed by atoms with Crippen LogP contribution in [-0.2, 0) is 4.74 Å². The zero-order valence-electron chi connectivity index (χ0n) is 10.7. The van der Waals surface area contributed by atoms with E-state index in [9.17, 15) is 0 Å². The molecule has 4 heteroatoms. The highest BCUT2D eigenvalue weighted by atomic mass is 79.9. The van der Waals surface area contributed by atoms with Crippen molar-refractivity contribution in [1.82, 2.24) is 0 Å². The normalized spacial score (nSPS) is 16.7. The minimum atomic E-state index is 0.806. The molecule has 2 rings (SSSR count). The van der Waals surface area contributed by atoms with E-state index in [4.69, 9.17) is 9.47 Å². The van der Waals surface area contributed by atoms with Crippen LogP contribution in [0.1, 0.15) is 12.8 Å². The molecule has 0 bridgehead atoms. The Morgan fingerprint density at radius 3 is 2.83 bits per heavy atom. The van der Waals surface area contributed by atoms with E-state index in [2.05, 4.69) is 15.9 Å². The third-order valence-electron chi connectivity index (χ3n) is 3.19. The molecule has 18 heavy (non-hydrogen) atoms. The highest BCUT2D eigenvalue weighted by Gasteiger charge is 2.12. The van der Waals surface area contributed by atoms with E-state index in [1.165, 1.54) is 13.0 Å². The molecule has 1 aromatic rings. The van der Waals surface area contributed by atoms with Gasteiger partial charge in [0.05, 0.1) is 26.4 Å². The number of hydrogen-bond donors (Lipinski definition) is 1. The molecule has 3 nitrogen and oxygen atoms in total. The fourth-order valence-corrected chi connectivity index (χ4v) is 2.51. The molecule has 1 fully saturated rings. The lowest BCUT2D eigenvalue weighted by Gasteiger charge is -2.23. The van der Waals surface area contributed by atoms with Gasteiger partial charge in [0.15, 0.2) is 0 Å². The molecule has 0 unspecified atom stereocenters. The van der Waals surface area contributed by atoms with Crippen molar-refractivity contribution < 1.29 is 14.4 Å². The number of ether oxygens (including phenoxy) is 2. The van der Waals surface area contributed by atoms with Crippen molar-refractivity contribution in [3.05, 3.63) is 28.7 Å². The van der Waals surface area contributed by atoms with E-state index in [-0.39, 0.29) is 0 Å². The van der Waals surface area contributed by atoms with Gasteiger partial charge in [-0.25, -0.2) is 0 Å². The van der Waals surface area contributed by atoms with Crippen LogP contribution in [0.3, 0.4) is 0 Å². The van der Waals surface area contributed by atoms with Crippen molar-refractivity contribution >= 4 is 15.9 Å². The SMILES string of the molecule is Brc1cccc(OCCCC[NH+]2CCOCC2)c1. The lowest BCUT2D eigenvalue weighted by atomic mass is 10.3. The second-order valence-electron chi connectivity index (χ2n) is 4.63. The molecule has 0 saturated carbocycles. The Balaban J connectivity index is 1.55. The van der Waals surface area contributed by atoms with Gasteiger partial charge in [0.1, 0.15) is 18.8 Å². The summed E-state index contributed by atoms with van der Waals surface area (Å²) >= 11 is 3.44. The van der Waals surface area contributed by atoms with Crippen molar-refractivity contribution in [3.8, 4) is 5.75 Å². The Hall–Kier alpha value is -0.580. The van der Waals surface area contributed by atoms with Crippen LogP contribution in [0.15, 0.2) is 28.7 Å². The monoisotopic (exact) mass is 314 g/mol. The summed E-state index contributed by atoms with van der Waals surface area (Å²) in [6, 6.07) is 8.01. The lowest BCUT2D eigenvalue weighted by Crippen LogP contribution is -3.14. The molecular weight excluding hydrogens is 294 g/mol. The topological polar surface area (TPSA) is 22.9 Å². The molecule has 1 saturated heterocycles. The predicted molar refractivity (Wildman–Crippen MR) is 75.3 cm³/mol. The van der Waals surface area contributed by atoms with Crippen LogP contribution < -0.4 is 9.64 Å². The summed E-state index contributed by atoms with van der Waals surface area (Å²) in [4.78, 5) is 1.67. The van der Waals surface area contributed by atoms with Gasteiger partial charge >= 0.3 is 0 Å². The van der Waals surface area contributed by atoms with Crippen molar-refractivity contribution in [2.24, 2.45) is 0 Å². The third-order valence-corrected chi connectivity index (χ3v) is 3.68. The minimum absolute atomic E-state index is 0.806. The van der Waals surface area contributed by atoms with Gasteiger partial charge in [-0.15, -0.1) is 0 Å². The minimum Gasteiger partial charge on any atom is -0.494 e. The average molecular weight is 315 g/mol. The van der Waals surface area contributed by atoms with Crippen LogP contribution >= 0.6 is 15.9 Å². The van der Waals surface area contributed by atoms with Gasteiger partial charge in [0, 0.05) is 4.47 Å². The molecule has 1 N–H and O–H groups in total. The summed E-state index contributed by atoms with van der Waals surface area (Å²) < 4.78 is 12.1. The Kier molecular flexibility index (Phi) is 5.97. The van der Waals surface area contributed by atoms with Gasteiger partial charge in [-0.1, -0.05) is 22.0 Å². The maximum atomic E-state index is 5.71. The predicted octanol–water partition coefficient (Wildman–Crippen LogP) is 1.52. The number of morpholine rings is 1. The molecule has 100 valence electrons. The second kappa shape index (κ2) is 7.77. The van der Waals surface area contributed by atoms with Crippen molar-refractivity contribution in [3.63, 3.8) is 0 Å². The van der Waals surface area contributed by atoms with Gasteiger partial charge in [-0.3, -0.25) is 0 Å². The summed E-state index contributed by atoms with van der Waals surface area (Å²) in [6.45, 7) is 6.21.